The van der Waals surface area contributed by atoms with E-state index in [9.17, 15) is 0 Å². The van der Waals surface area contributed by atoms with Crippen molar-refractivity contribution in [1.29, 1.82) is 0 Å². The molecule has 2 rings (SSSR count). The molecule has 0 aliphatic heterocycles. The Hall–Kier alpha value is -0.250. The van der Waals surface area contributed by atoms with Crippen molar-refractivity contribution >= 4 is 28.3 Å². The van der Waals surface area contributed by atoms with Gasteiger partial charge in [0.25, 0.3) is 0 Å². The number of anilines is 1. The summed E-state index contributed by atoms with van der Waals surface area (Å²) in [4.78, 5) is 0. The summed E-state index contributed by atoms with van der Waals surface area (Å²) in [5, 5.41) is 3.70. The van der Waals surface area contributed by atoms with E-state index in [0.29, 0.717) is 6.04 Å². The minimum Gasteiger partial charge on any atom is -0.382 e. The highest BCUT2D eigenvalue weighted by Gasteiger charge is 2.24. The smallest absolute Gasteiger partial charge is 0.0353 e. The first kappa shape index (κ1) is 13.2. The summed E-state index contributed by atoms with van der Waals surface area (Å²) in [6, 6.07) is 7.34. The van der Waals surface area contributed by atoms with Crippen LogP contribution in [0.15, 0.2) is 18.2 Å². The van der Waals surface area contributed by atoms with E-state index in [4.69, 9.17) is 0 Å². The maximum Gasteiger partial charge on any atom is 0.0353 e. The van der Waals surface area contributed by atoms with Crippen molar-refractivity contribution < 1.29 is 0 Å². The number of aryl methyl sites for hydroxylation is 1. The molecule has 0 amide bonds. The van der Waals surface area contributed by atoms with Crippen molar-refractivity contribution in [3.8, 4) is 0 Å². The van der Waals surface area contributed by atoms with Crippen LogP contribution in [0.1, 0.15) is 38.7 Å². The van der Waals surface area contributed by atoms with Crippen molar-refractivity contribution in [2.45, 2.75) is 46.1 Å². The second kappa shape index (κ2) is 5.59. The first-order valence-electron chi connectivity index (χ1n) is 6.59. The Morgan fingerprint density at radius 1 is 1.18 bits per heavy atom. The molecule has 0 heterocycles. The van der Waals surface area contributed by atoms with Gasteiger partial charge in [-0.2, -0.15) is 0 Å². The fraction of sp³-hybridized carbons (Fsp3) is 0.600. The molecule has 1 aliphatic rings. The van der Waals surface area contributed by atoms with Gasteiger partial charge in [0, 0.05) is 15.3 Å². The molecule has 3 atom stereocenters. The van der Waals surface area contributed by atoms with E-state index < -0.39 is 0 Å². The number of benzene rings is 1. The molecule has 94 valence electrons. The van der Waals surface area contributed by atoms with Crippen molar-refractivity contribution in [2.75, 3.05) is 5.32 Å². The normalized spacial score (nSPS) is 29.1. The molecule has 1 N–H and O–H groups in total. The van der Waals surface area contributed by atoms with E-state index >= 15 is 0 Å². The van der Waals surface area contributed by atoms with E-state index in [1.807, 2.05) is 0 Å². The van der Waals surface area contributed by atoms with Crippen molar-refractivity contribution in [2.24, 2.45) is 11.8 Å². The van der Waals surface area contributed by atoms with Gasteiger partial charge in [-0.15, -0.1) is 0 Å². The summed E-state index contributed by atoms with van der Waals surface area (Å²) < 4.78 is 1.35. The lowest BCUT2D eigenvalue weighted by atomic mass is 9.79. The zero-order valence-corrected chi connectivity index (χ0v) is 13.1. The standard InChI is InChI=1S/C15H22IN/c1-10-4-6-13(8-12(10)3)17-14-7-5-11(2)15(16)9-14/h5,7,9-10,12-13,17H,4,6,8H2,1-3H3. The quantitative estimate of drug-likeness (QED) is 0.758. The summed E-state index contributed by atoms with van der Waals surface area (Å²) in [7, 11) is 0. The van der Waals surface area contributed by atoms with Crippen LogP contribution in [-0.2, 0) is 0 Å². The molecular weight excluding hydrogens is 321 g/mol. The van der Waals surface area contributed by atoms with E-state index in [1.54, 1.807) is 0 Å². The highest BCUT2D eigenvalue weighted by Crippen LogP contribution is 2.31. The average molecular weight is 343 g/mol. The van der Waals surface area contributed by atoms with Crippen LogP contribution in [-0.4, -0.2) is 6.04 Å². The molecule has 0 radical (unpaired) electrons. The van der Waals surface area contributed by atoms with Crippen LogP contribution in [0.4, 0.5) is 5.69 Å². The van der Waals surface area contributed by atoms with Gasteiger partial charge in [0.15, 0.2) is 0 Å². The van der Waals surface area contributed by atoms with Crippen LogP contribution in [0.2, 0.25) is 0 Å². The van der Waals surface area contributed by atoms with Crippen LogP contribution in [0.25, 0.3) is 0 Å². The molecule has 0 spiro atoms. The van der Waals surface area contributed by atoms with Gasteiger partial charge in [-0.3, -0.25) is 0 Å². The largest absolute Gasteiger partial charge is 0.382 e. The van der Waals surface area contributed by atoms with Crippen molar-refractivity contribution in [1.82, 2.24) is 0 Å². The molecule has 3 unspecified atom stereocenters. The zero-order valence-electron chi connectivity index (χ0n) is 11.0. The third-order valence-electron chi connectivity index (χ3n) is 4.14. The van der Waals surface area contributed by atoms with Gasteiger partial charge >= 0.3 is 0 Å². The number of hydrogen-bond acceptors (Lipinski definition) is 1. The lowest BCUT2D eigenvalue weighted by molar-refractivity contribution is 0.261. The summed E-state index contributed by atoms with van der Waals surface area (Å²) >= 11 is 2.41. The predicted octanol–water partition coefficient (Wildman–Crippen LogP) is 4.84. The highest BCUT2D eigenvalue weighted by molar-refractivity contribution is 14.1. The second-order valence-electron chi connectivity index (χ2n) is 5.57. The number of hydrogen-bond donors (Lipinski definition) is 1. The van der Waals surface area contributed by atoms with E-state index in [0.717, 1.165) is 11.8 Å². The van der Waals surface area contributed by atoms with Crippen LogP contribution in [0.3, 0.4) is 0 Å². The van der Waals surface area contributed by atoms with Crippen LogP contribution >= 0.6 is 22.6 Å². The van der Waals surface area contributed by atoms with Crippen LogP contribution in [0.5, 0.6) is 0 Å². The summed E-state index contributed by atoms with van der Waals surface area (Å²) in [5.74, 6) is 1.75. The maximum absolute atomic E-state index is 3.70. The van der Waals surface area contributed by atoms with Gasteiger partial charge in [0.2, 0.25) is 0 Å². The third-order valence-corrected chi connectivity index (χ3v) is 5.30. The Bertz CT molecular complexity index is 389. The summed E-state index contributed by atoms with van der Waals surface area (Å²) in [5.41, 5.74) is 2.65. The molecule has 1 fully saturated rings. The lowest BCUT2D eigenvalue weighted by Crippen LogP contribution is -2.30. The fourth-order valence-corrected chi connectivity index (χ4v) is 3.11. The van der Waals surface area contributed by atoms with Gasteiger partial charge in [0.1, 0.15) is 0 Å². The van der Waals surface area contributed by atoms with Gasteiger partial charge < -0.3 is 5.32 Å². The molecule has 1 aromatic rings. The van der Waals surface area contributed by atoms with Gasteiger partial charge in [0.05, 0.1) is 0 Å². The van der Waals surface area contributed by atoms with Crippen molar-refractivity contribution in [3.63, 3.8) is 0 Å². The van der Waals surface area contributed by atoms with Gasteiger partial charge in [-0.05, 0) is 78.3 Å². The molecule has 1 aromatic carbocycles. The molecule has 0 saturated heterocycles. The topological polar surface area (TPSA) is 12.0 Å². The number of halogens is 1. The molecule has 1 aliphatic carbocycles. The molecule has 0 aromatic heterocycles. The Labute approximate surface area is 119 Å². The number of nitrogens with one attached hydrogen (secondary N) is 1. The minimum atomic E-state index is 0.666. The molecule has 1 nitrogen and oxygen atoms in total. The highest BCUT2D eigenvalue weighted by atomic mass is 127. The predicted molar refractivity (Wildman–Crippen MR) is 83.5 cm³/mol. The SMILES string of the molecule is Cc1ccc(NC2CCC(C)C(C)C2)cc1I. The Morgan fingerprint density at radius 2 is 1.94 bits per heavy atom. The first-order chi connectivity index (χ1) is 8.06. The Morgan fingerprint density at radius 3 is 2.59 bits per heavy atom. The zero-order chi connectivity index (χ0) is 12.4. The van der Waals surface area contributed by atoms with Gasteiger partial charge in [-0.1, -0.05) is 19.9 Å². The average Bonchev–Trinajstić information content (AvgIpc) is 2.29. The number of rotatable bonds is 2. The van der Waals surface area contributed by atoms with E-state index in [1.165, 1.54) is 34.1 Å². The molecule has 2 heteroatoms. The summed E-state index contributed by atoms with van der Waals surface area (Å²) in [6.07, 6.45) is 3.99. The minimum absolute atomic E-state index is 0.666. The molecule has 0 bridgehead atoms. The molecule has 1 saturated carbocycles. The monoisotopic (exact) mass is 343 g/mol. The van der Waals surface area contributed by atoms with E-state index in [2.05, 4.69) is 66.9 Å². The Kier molecular flexibility index (Phi) is 4.34. The second-order valence-corrected chi connectivity index (χ2v) is 6.74. The van der Waals surface area contributed by atoms with Crippen LogP contribution < -0.4 is 5.32 Å². The van der Waals surface area contributed by atoms with Gasteiger partial charge in [-0.25, -0.2) is 0 Å². The summed E-state index contributed by atoms with van der Waals surface area (Å²) in [6.45, 7) is 6.93. The fourth-order valence-electron chi connectivity index (χ4n) is 2.60. The molecular formula is C15H22IN. The lowest BCUT2D eigenvalue weighted by Gasteiger charge is -2.33. The van der Waals surface area contributed by atoms with E-state index in [-0.39, 0.29) is 0 Å². The first-order valence-corrected chi connectivity index (χ1v) is 7.67. The van der Waals surface area contributed by atoms with Crippen molar-refractivity contribution in [3.05, 3.63) is 27.3 Å². The maximum atomic E-state index is 3.70. The Balaban J connectivity index is 1.99. The molecule has 17 heavy (non-hydrogen) atoms. The van der Waals surface area contributed by atoms with Crippen LogP contribution in [0, 0.1) is 22.3 Å². The third kappa shape index (κ3) is 3.36.